The lowest BCUT2D eigenvalue weighted by atomic mass is 10.0. The number of rotatable bonds is 9. The summed E-state index contributed by atoms with van der Waals surface area (Å²) in [6.45, 7) is 1.63. The van der Waals surface area contributed by atoms with Gasteiger partial charge in [-0.15, -0.1) is 0 Å². The summed E-state index contributed by atoms with van der Waals surface area (Å²) in [4.78, 5) is 11.6. The average molecular weight is 355 g/mol. The maximum absolute atomic E-state index is 11.6. The number of methoxy groups -OCH3 is 1. The summed E-state index contributed by atoms with van der Waals surface area (Å²) >= 11 is 0. The van der Waals surface area contributed by atoms with E-state index < -0.39 is 18.2 Å². The van der Waals surface area contributed by atoms with Crippen molar-refractivity contribution in [3.8, 4) is 17.6 Å². The van der Waals surface area contributed by atoms with Crippen LogP contribution < -0.4 is 9.47 Å². The van der Waals surface area contributed by atoms with Crippen LogP contribution in [0, 0.1) is 11.3 Å². The van der Waals surface area contributed by atoms with Crippen molar-refractivity contribution in [2.24, 2.45) is 0 Å². The first-order valence-corrected chi connectivity index (χ1v) is 8.21. The molecule has 0 bridgehead atoms. The molecule has 2 atom stereocenters. The van der Waals surface area contributed by atoms with Gasteiger partial charge in [-0.1, -0.05) is 42.5 Å². The molecule has 0 aliphatic rings. The minimum absolute atomic E-state index is 0.249. The van der Waals surface area contributed by atoms with Gasteiger partial charge in [0.15, 0.2) is 23.7 Å². The third-order valence-electron chi connectivity index (χ3n) is 3.54. The molecule has 136 valence electrons. The van der Waals surface area contributed by atoms with Gasteiger partial charge in [-0.05, 0) is 24.6 Å². The quantitative estimate of drug-likeness (QED) is 0.642. The van der Waals surface area contributed by atoms with E-state index in [0.717, 1.165) is 5.56 Å². The van der Waals surface area contributed by atoms with Crippen LogP contribution >= 0.6 is 0 Å². The van der Waals surface area contributed by atoms with E-state index in [1.54, 1.807) is 32.2 Å². The van der Waals surface area contributed by atoms with Crippen LogP contribution in [0.5, 0.6) is 11.5 Å². The number of para-hydroxylation sites is 2. The Kier molecular flexibility index (Phi) is 7.47. The van der Waals surface area contributed by atoms with Crippen LogP contribution in [0.1, 0.15) is 18.6 Å². The topological polar surface area (TPSA) is 77.8 Å². The Hall–Kier alpha value is -3.04. The van der Waals surface area contributed by atoms with Gasteiger partial charge < -0.3 is 18.9 Å². The molecule has 0 amide bonds. The highest BCUT2D eigenvalue weighted by atomic mass is 16.6. The predicted octanol–water partition coefficient (Wildman–Crippen LogP) is 3.29. The Labute approximate surface area is 152 Å². The summed E-state index contributed by atoms with van der Waals surface area (Å²) in [5.41, 5.74) is 0.744. The van der Waals surface area contributed by atoms with Gasteiger partial charge in [-0.25, -0.2) is 4.79 Å². The molecule has 2 unspecified atom stereocenters. The number of carbonyl (C=O) groups excluding carboxylic acids is 1. The standard InChI is InChI=1S/C20H21NO5/c1-3-24-19(22)14-25-18(13-21)20(15-9-5-4-6-10-15)26-17-12-8-7-11-16(17)23-2/h4-12,18,20H,3,14H2,1-2H3. The molecule has 2 rings (SSSR count). The van der Waals surface area contributed by atoms with Gasteiger partial charge in [-0.3, -0.25) is 0 Å². The first-order valence-electron chi connectivity index (χ1n) is 8.21. The van der Waals surface area contributed by atoms with Gasteiger partial charge >= 0.3 is 5.97 Å². The average Bonchev–Trinajstić information content (AvgIpc) is 2.68. The summed E-state index contributed by atoms with van der Waals surface area (Å²) in [5, 5.41) is 9.57. The third kappa shape index (κ3) is 5.23. The molecule has 0 radical (unpaired) electrons. The van der Waals surface area contributed by atoms with Crippen LogP contribution in [-0.4, -0.2) is 32.4 Å². The predicted molar refractivity (Wildman–Crippen MR) is 94.8 cm³/mol. The number of nitriles is 1. The van der Waals surface area contributed by atoms with Crippen molar-refractivity contribution in [3.05, 3.63) is 60.2 Å². The Morgan fingerprint density at radius 3 is 2.35 bits per heavy atom. The van der Waals surface area contributed by atoms with Gasteiger partial charge in [0.05, 0.1) is 19.8 Å². The van der Waals surface area contributed by atoms with E-state index >= 15 is 0 Å². The van der Waals surface area contributed by atoms with Crippen LogP contribution in [0.25, 0.3) is 0 Å². The molecule has 6 nitrogen and oxygen atoms in total. The Morgan fingerprint density at radius 1 is 1.08 bits per heavy atom. The third-order valence-corrected chi connectivity index (χ3v) is 3.54. The minimum Gasteiger partial charge on any atom is -0.493 e. The van der Waals surface area contributed by atoms with Gasteiger partial charge in [0, 0.05) is 0 Å². The largest absolute Gasteiger partial charge is 0.493 e. The molecular formula is C20H21NO5. The Bertz CT molecular complexity index is 741. The molecule has 0 fully saturated rings. The van der Waals surface area contributed by atoms with Crippen LogP contribution in [0.15, 0.2) is 54.6 Å². The smallest absolute Gasteiger partial charge is 0.332 e. The number of ether oxygens (including phenoxy) is 4. The molecule has 2 aromatic carbocycles. The highest BCUT2D eigenvalue weighted by Crippen LogP contribution is 2.33. The van der Waals surface area contributed by atoms with E-state index in [4.69, 9.17) is 18.9 Å². The fraction of sp³-hybridized carbons (Fsp3) is 0.300. The van der Waals surface area contributed by atoms with Crippen molar-refractivity contribution in [1.29, 1.82) is 5.26 Å². The summed E-state index contributed by atoms with van der Waals surface area (Å²) in [6, 6.07) is 18.4. The molecule has 0 saturated heterocycles. The van der Waals surface area contributed by atoms with E-state index in [-0.39, 0.29) is 13.2 Å². The fourth-order valence-corrected chi connectivity index (χ4v) is 2.35. The van der Waals surface area contributed by atoms with Crippen molar-refractivity contribution in [1.82, 2.24) is 0 Å². The van der Waals surface area contributed by atoms with Crippen LogP contribution in [-0.2, 0) is 14.3 Å². The Balaban J connectivity index is 2.25. The van der Waals surface area contributed by atoms with Crippen molar-refractivity contribution in [2.45, 2.75) is 19.1 Å². The second-order valence-electron chi connectivity index (χ2n) is 5.27. The maximum Gasteiger partial charge on any atom is 0.332 e. The molecule has 6 heteroatoms. The molecule has 0 heterocycles. The van der Waals surface area contributed by atoms with E-state index in [1.807, 2.05) is 36.4 Å². The molecule has 26 heavy (non-hydrogen) atoms. The molecule has 0 aliphatic carbocycles. The number of hydrogen-bond acceptors (Lipinski definition) is 6. The van der Waals surface area contributed by atoms with Crippen molar-refractivity contribution in [3.63, 3.8) is 0 Å². The number of benzene rings is 2. The van der Waals surface area contributed by atoms with E-state index in [1.165, 1.54) is 0 Å². The molecular weight excluding hydrogens is 334 g/mol. The number of carbonyl (C=O) groups is 1. The lowest BCUT2D eigenvalue weighted by molar-refractivity contribution is -0.151. The van der Waals surface area contributed by atoms with Crippen molar-refractivity contribution < 1.29 is 23.7 Å². The van der Waals surface area contributed by atoms with E-state index in [0.29, 0.717) is 11.5 Å². The number of hydrogen-bond donors (Lipinski definition) is 0. The Morgan fingerprint density at radius 2 is 1.73 bits per heavy atom. The van der Waals surface area contributed by atoms with Gasteiger partial charge in [0.2, 0.25) is 0 Å². The molecule has 0 spiro atoms. The van der Waals surface area contributed by atoms with Gasteiger partial charge in [0.1, 0.15) is 6.61 Å². The summed E-state index contributed by atoms with van der Waals surface area (Å²) in [6.07, 6.45) is -1.75. The highest BCUT2D eigenvalue weighted by molar-refractivity contribution is 5.70. The van der Waals surface area contributed by atoms with Crippen LogP contribution in [0.3, 0.4) is 0 Å². The fourth-order valence-electron chi connectivity index (χ4n) is 2.35. The first kappa shape index (κ1) is 19.3. The second-order valence-corrected chi connectivity index (χ2v) is 5.27. The number of esters is 1. The minimum atomic E-state index is -1.01. The molecule has 0 aliphatic heterocycles. The van der Waals surface area contributed by atoms with Gasteiger partial charge in [-0.2, -0.15) is 5.26 Å². The second kappa shape index (κ2) is 10.1. The lowest BCUT2D eigenvalue weighted by Crippen LogP contribution is -2.28. The SMILES string of the molecule is CCOC(=O)COC(C#N)C(Oc1ccccc1OC)c1ccccc1. The van der Waals surface area contributed by atoms with Crippen molar-refractivity contribution in [2.75, 3.05) is 20.3 Å². The van der Waals surface area contributed by atoms with Crippen molar-refractivity contribution >= 4 is 5.97 Å². The normalized spacial score (nSPS) is 12.5. The zero-order valence-corrected chi connectivity index (χ0v) is 14.8. The highest BCUT2D eigenvalue weighted by Gasteiger charge is 2.28. The van der Waals surface area contributed by atoms with E-state index in [2.05, 4.69) is 6.07 Å². The maximum atomic E-state index is 11.6. The lowest BCUT2D eigenvalue weighted by Gasteiger charge is -2.24. The molecule has 2 aromatic rings. The first-order chi connectivity index (χ1) is 12.7. The zero-order chi connectivity index (χ0) is 18.8. The molecule has 0 saturated carbocycles. The monoisotopic (exact) mass is 355 g/mol. The molecule has 0 N–H and O–H groups in total. The van der Waals surface area contributed by atoms with E-state index in [9.17, 15) is 10.1 Å². The number of nitrogens with zero attached hydrogens (tertiary/aromatic N) is 1. The summed E-state index contributed by atoms with van der Waals surface area (Å²) in [5.74, 6) is 0.483. The summed E-state index contributed by atoms with van der Waals surface area (Å²) in [7, 11) is 1.54. The van der Waals surface area contributed by atoms with Crippen LogP contribution in [0.2, 0.25) is 0 Å². The zero-order valence-electron chi connectivity index (χ0n) is 14.8. The summed E-state index contributed by atoms with van der Waals surface area (Å²) < 4.78 is 21.7. The van der Waals surface area contributed by atoms with Crippen LogP contribution in [0.4, 0.5) is 0 Å². The van der Waals surface area contributed by atoms with Gasteiger partial charge in [0.25, 0.3) is 0 Å². The molecule has 0 aromatic heterocycles.